The lowest BCUT2D eigenvalue weighted by Crippen LogP contribution is -2.49. The number of hydrogen-bond donors (Lipinski definition) is 0. The Labute approximate surface area is 226 Å². The summed E-state index contributed by atoms with van der Waals surface area (Å²) in [6, 6.07) is 11.1. The molecule has 2 aliphatic heterocycles. The van der Waals surface area contributed by atoms with E-state index >= 15 is 0 Å². The van der Waals surface area contributed by atoms with Gasteiger partial charge in [-0.25, -0.2) is 9.37 Å². The van der Waals surface area contributed by atoms with Crippen LogP contribution in [0.2, 0.25) is 0 Å². The van der Waals surface area contributed by atoms with E-state index in [0.717, 1.165) is 46.1 Å². The predicted octanol–water partition coefficient (Wildman–Crippen LogP) is 8.50. The highest BCUT2D eigenvalue weighted by atomic mass is 32.1. The van der Waals surface area contributed by atoms with Crippen LogP contribution in [0.3, 0.4) is 0 Å². The first-order chi connectivity index (χ1) is 18.4. The molecule has 6 heteroatoms. The minimum atomic E-state index is -0.199. The largest absolute Gasteiger partial charge is 0.360 e. The van der Waals surface area contributed by atoms with Crippen molar-refractivity contribution in [2.24, 2.45) is 5.41 Å². The van der Waals surface area contributed by atoms with Gasteiger partial charge in [0.1, 0.15) is 17.0 Å². The third-order valence-corrected chi connectivity index (χ3v) is 10.5. The van der Waals surface area contributed by atoms with Crippen molar-refractivity contribution >= 4 is 32.3 Å². The van der Waals surface area contributed by atoms with Gasteiger partial charge in [-0.2, -0.15) is 0 Å². The number of aryl methyl sites for hydroxylation is 3. The normalized spacial score (nSPS) is 26.3. The SMILES string of the molecule is Cc1cc(F)c2nc(N3C4CCC3CC3(C=C(c5c(-c6c(C)cccc6C)noc5C5CC5)C3)C4)sc2c1. The van der Waals surface area contributed by atoms with Crippen molar-refractivity contribution < 1.29 is 8.91 Å². The van der Waals surface area contributed by atoms with Crippen LogP contribution < -0.4 is 4.90 Å². The standard InChI is InChI=1S/C32H32FN3OS/c1-17-11-24(33)28-25(12-17)38-31(34-28)36-22-9-10-23(36)16-32(15-22)13-21(14-32)27-29(35-37-30(27)20-7-8-20)26-18(2)5-4-6-19(26)3/h4-6,11-13,20,22-23H,7-10,14-16H2,1-3H3. The van der Waals surface area contributed by atoms with Crippen LogP contribution >= 0.6 is 11.3 Å². The lowest BCUT2D eigenvalue weighted by atomic mass is 9.61. The fourth-order valence-corrected chi connectivity index (χ4v) is 8.87. The molecule has 2 aromatic heterocycles. The number of aromatic nitrogens is 2. The number of nitrogens with zero attached hydrogens (tertiary/aromatic N) is 3. The molecule has 2 aromatic carbocycles. The number of piperidine rings is 1. The molecule has 2 saturated heterocycles. The third-order valence-electron chi connectivity index (χ3n) is 9.44. The van der Waals surface area contributed by atoms with Crippen molar-refractivity contribution in [3.8, 4) is 11.3 Å². The average molecular weight is 526 g/mol. The molecule has 2 bridgehead atoms. The highest BCUT2D eigenvalue weighted by Crippen LogP contribution is 2.60. The van der Waals surface area contributed by atoms with Gasteiger partial charge in [0, 0.05) is 29.1 Å². The number of anilines is 1. The van der Waals surface area contributed by atoms with E-state index in [4.69, 9.17) is 9.51 Å². The Hall–Kier alpha value is -2.99. The molecule has 4 aromatic rings. The van der Waals surface area contributed by atoms with Crippen molar-refractivity contribution in [2.75, 3.05) is 4.90 Å². The molecular formula is C32H32FN3OS. The van der Waals surface area contributed by atoms with Gasteiger partial charge >= 0.3 is 0 Å². The van der Waals surface area contributed by atoms with Gasteiger partial charge in [0.25, 0.3) is 0 Å². The van der Waals surface area contributed by atoms with Crippen LogP contribution in [-0.4, -0.2) is 22.2 Å². The molecule has 2 atom stereocenters. The fraction of sp³-hybridized carbons (Fsp3) is 0.438. The predicted molar refractivity (Wildman–Crippen MR) is 151 cm³/mol. The Morgan fingerprint density at radius 2 is 1.71 bits per heavy atom. The number of hydrogen-bond acceptors (Lipinski definition) is 5. The van der Waals surface area contributed by atoms with Gasteiger partial charge in [0.05, 0.1) is 4.70 Å². The lowest BCUT2D eigenvalue weighted by molar-refractivity contribution is 0.232. The van der Waals surface area contributed by atoms with Crippen LogP contribution in [0, 0.1) is 32.0 Å². The number of thiazole rings is 1. The molecular weight excluding hydrogens is 493 g/mol. The van der Waals surface area contributed by atoms with E-state index in [1.807, 2.05) is 6.92 Å². The van der Waals surface area contributed by atoms with Gasteiger partial charge in [-0.1, -0.05) is 40.8 Å². The van der Waals surface area contributed by atoms with E-state index in [2.05, 4.69) is 54.2 Å². The second kappa shape index (κ2) is 8.01. The molecule has 1 saturated carbocycles. The molecule has 2 aliphatic carbocycles. The molecule has 2 unspecified atom stereocenters. The van der Waals surface area contributed by atoms with Gasteiger partial charge in [-0.05, 0) is 106 Å². The van der Waals surface area contributed by atoms with E-state index in [0.29, 0.717) is 23.5 Å². The summed E-state index contributed by atoms with van der Waals surface area (Å²) in [5.41, 5.74) is 9.21. The molecule has 0 N–H and O–H groups in total. The first-order valence-electron chi connectivity index (χ1n) is 14.0. The van der Waals surface area contributed by atoms with Crippen molar-refractivity contribution in [2.45, 2.75) is 83.7 Å². The summed E-state index contributed by atoms with van der Waals surface area (Å²) in [5, 5.41) is 5.67. The van der Waals surface area contributed by atoms with Crippen molar-refractivity contribution in [1.29, 1.82) is 0 Å². The topological polar surface area (TPSA) is 42.2 Å². The summed E-state index contributed by atoms with van der Waals surface area (Å²) in [7, 11) is 0. The lowest BCUT2D eigenvalue weighted by Gasteiger charge is -2.50. The monoisotopic (exact) mass is 525 g/mol. The summed E-state index contributed by atoms with van der Waals surface area (Å²) in [5.74, 6) is 1.43. The Balaban J connectivity index is 1.13. The molecule has 1 spiro atoms. The van der Waals surface area contributed by atoms with Crippen LogP contribution in [0.4, 0.5) is 9.52 Å². The minimum absolute atomic E-state index is 0.199. The van der Waals surface area contributed by atoms with Gasteiger partial charge in [0.15, 0.2) is 10.9 Å². The van der Waals surface area contributed by atoms with Crippen molar-refractivity contribution in [3.05, 3.63) is 70.2 Å². The molecule has 4 aliphatic rings. The summed E-state index contributed by atoms with van der Waals surface area (Å²) in [6.45, 7) is 6.31. The summed E-state index contributed by atoms with van der Waals surface area (Å²) in [6.07, 6.45) is 10.8. The average Bonchev–Trinajstić information content (AvgIpc) is 3.37. The fourth-order valence-electron chi connectivity index (χ4n) is 7.65. The van der Waals surface area contributed by atoms with E-state index in [1.54, 1.807) is 17.4 Å². The highest BCUT2D eigenvalue weighted by molar-refractivity contribution is 7.22. The Bertz CT molecular complexity index is 1610. The quantitative estimate of drug-likeness (QED) is 0.268. The van der Waals surface area contributed by atoms with Crippen LogP contribution in [0.5, 0.6) is 0 Å². The molecule has 0 radical (unpaired) electrons. The van der Waals surface area contributed by atoms with Gasteiger partial charge in [-0.3, -0.25) is 0 Å². The Kier molecular flexibility index (Phi) is 4.84. The summed E-state index contributed by atoms with van der Waals surface area (Å²) >= 11 is 1.66. The van der Waals surface area contributed by atoms with Crippen molar-refractivity contribution in [1.82, 2.24) is 10.1 Å². The maximum atomic E-state index is 14.6. The number of benzene rings is 2. The van der Waals surface area contributed by atoms with Crippen LogP contribution in [-0.2, 0) is 0 Å². The van der Waals surface area contributed by atoms with E-state index in [9.17, 15) is 4.39 Å². The number of fused-ring (bicyclic) bond motifs is 3. The maximum Gasteiger partial charge on any atom is 0.187 e. The molecule has 4 nitrogen and oxygen atoms in total. The van der Waals surface area contributed by atoms with E-state index in [1.165, 1.54) is 53.5 Å². The first-order valence-corrected chi connectivity index (χ1v) is 14.8. The number of halogens is 1. The zero-order valence-electron chi connectivity index (χ0n) is 22.2. The minimum Gasteiger partial charge on any atom is -0.360 e. The van der Waals surface area contributed by atoms with E-state index in [-0.39, 0.29) is 11.2 Å². The highest BCUT2D eigenvalue weighted by Gasteiger charge is 2.52. The smallest absolute Gasteiger partial charge is 0.187 e. The second-order valence-electron chi connectivity index (χ2n) is 12.3. The summed E-state index contributed by atoms with van der Waals surface area (Å²) in [4.78, 5) is 7.33. The van der Waals surface area contributed by atoms with Gasteiger partial charge in [0.2, 0.25) is 0 Å². The zero-order chi connectivity index (χ0) is 25.8. The zero-order valence-corrected chi connectivity index (χ0v) is 23.0. The van der Waals surface area contributed by atoms with Gasteiger partial charge < -0.3 is 9.42 Å². The Morgan fingerprint density at radius 1 is 1.00 bits per heavy atom. The molecule has 0 amide bonds. The third kappa shape index (κ3) is 3.38. The molecule has 194 valence electrons. The summed E-state index contributed by atoms with van der Waals surface area (Å²) < 4.78 is 21.6. The Morgan fingerprint density at radius 3 is 2.39 bits per heavy atom. The molecule has 3 fully saturated rings. The number of allylic oxidation sites excluding steroid dienone is 2. The molecule has 4 heterocycles. The number of rotatable bonds is 4. The van der Waals surface area contributed by atoms with Crippen LogP contribution in [0.15, 0.2) is 40.9 Å². The van der Waals surface area contributed by atoms with Crippen molar-refractivity contribution in [3.63, 3.8) is 0 Å². The first kappa shape index (κ1) is 22.9. The van der Waals surface area contributed by atoms with Gasteiger partial charge in [-0.15, -0.1) is 0 Å². The second-order valence-corrected chi connectivity index (χ2v) is 13.3. The van der Waals surface area contributed by atoms with Crippen LogP contribution in [0.25, 0.3) is 27.0 Å². The maximum absolute atomic E-state index is 14.6. The molecule has 38 heavy (non-hydrogen) atoms. The van der Waals surface area contributed by atoms with Crippen LogP contribution in [0.1, 0.15) is 78.9 Å². The van der Waals surface area contributed by atoms with E-state index < -0.39 is 0 Å². The molecule has 8 rings (SSSR count).